The number of anilines is 1. The maximum absolute atomic E-state index is 14.4. The summed E-state index contributed by atoms with van der Waals surface area (Å²) in [6.07, 6.45) is 0. The Kier molecular flexibility index (Phi) is 4.85. The summed E-state index contributed by atoms with van der Waals surface area (Å²) in [5.41, 5.74) is 0.805. The molecule has 0 saturated carbocycles. The van der Waals surface area contributed by atoms with Crippen molar-refractivity contribution in [3.05, 3.63) is 77.2 Å². The Bertz CT molecular complexity index is 1500. The molecule has 170 valence electrons. The fourth-order valence-corrected chi connectivity index (χ4v) is 3.93. The molecule has 3 heterocycles. The van der Waals surface area contributed by atoms with Crippen LogP contribution in [0.5, 0.6) is 0 Å². The lowest BCUT2D eigenvalue weighted by molar-refractivity contribution is -0.123. The van der Waals surface area contributed by atoms with Crippen molar-refractivity contribution in [2.45, 2.75) is 19.4 Å². The molecular formula is C24H18FN5O4. The number of aromatic nitrogens is 2. The number of pyridine rings is 1. The number of imide groups is 1. The Morgan fingerprint density at radius 2 is 1.91 bits per heavy atom. The molecule has 1 aliphatic heterocycles. The van der Waals surface area contributed by atoms with Crippen LogP contribution in [0, 0.1) is 12.7 Å². The van der Waals surface area contributed by atoms with E-state index < -0.39 is 29.2 Å². The van der Waals surface area contributed by atoms with Gasteiger partial charge in [-0.3, -0.25) is 14.9 Å². The van der Waals surface area contributed by atoms with Gasteiger partial charge in [0.05, 0.1) is 22.3 Å². The Balaban J connectivity index is 1.54. The monoisotopic (exact) mass is 459 g/mol. The molecule has 34 heavy (non-hydrogen) atoms. The number of fused-ring (bicyclic) bond motifs is 1. The Morgan fingerprint density at radius 3 is 2.65 bits per heavy atom. The van der Waals surface area contributed by atoms with E-state index in [9.17, 15) is 18.8 Å². The van der Waals surface area contributed by atoms with Crippen molar-refractivity contribution >= 4 is 34.6 Å². The van der Waals surface area contributed by atoms with Crippen molar-refractivity contribution in [1.29, 1.82) is 0 Å². The average Bonchev–Trinajstić information content (AvgIpc) is 3.32. The highest BCUT2D eigenvalue weighted by atomic mass is 19.1. The van der Waals surface area contributed by atoms with Crippen LogP contribution in [0.4, 0.5) is 14.9 Å². The average molecular weight is 459 g/mol. The molecule has 0 unspecified atom stereocenters. The minimum Gasteiger partial charge on any atom is -0.335 e. The van der Waals surface area contributed by atoms with Crippen LogP contribution in [-0.4, -0.2) is 28.0 Å². The molecule has 1 aliphatic rings. The van der Waals surface area contributed by atoms with Gasteiger partial charge in [-0.2, -0.15) is 0 Å². The van der Waals surface area contributed by atoms with E-state index in [0.29, 0.717) is 22.3 Å². The SMILES string of the molecule is Cc1noc2nc(-c3ccccc3F)cc(C(=O)Nc3cccc([C@]4(C)NC(=O)NC4=O)c3)c12. The Labute approximate surface area is 192 Å². The van der Waals surface area contributed by atoms with Gasteiger partial charge in [0.2, 0.25) is 0 Å². The minimum absolute atomic E-state index is 0.106. The Morgan fingerprint density at radius 1 is 1.12 bits per heavy atom. The predicted molar refractivity (Wildman–Crippen MR) is 120 cm³/mol. The van der Waals surface area contributed by atoms with Crippen LogP contribution in [-0.2, 0) is 10.3 Å². The second kappa shape index (κ2) is 7.77. The first kappa shape index (κ1) is 21.3. The number of carbonyl (C=O) groups is 3. The van der Waals surface area contributed by atoms with Gasteiger partial charge < -0.3 is 15.2 Å². The molecule has 1 saturated heterocycles. The molecule has 0 radical (unpaired) electrons. The summed E-state index contributed by atoms with van der Waals surface area (Å²) in [5.74, 6) is -1.49. The van der Waals surface area contributed by atoms with Gasteiger partial charge >= 0.3 is 6.03 Å². The van der Waals surface area contributed by atoms with Crippen LogP contribution in [0.25, 0.3) is 22.4 Å². The van der Waals surface area contributed by atoms with Crippen molar-refractivity contribution in [1.82, 2.24) is 20.8 Å². The van der Waals surface area contributed by atoms with Gasteiger partial charge in [-0.1, -0.05) is 29.4 Å². The van der Waals surface area contributed by atoms with E-state index in [2.05, 4.69) is 26.1 Å². The number of carbonyl (C=O) groups excluding carboxylic acids is 3. The second-order valence-corrected chi connectivity index (χ2v) is 8.05. The number of hydrogen-bond acceptors (Lipinski definition) is 6. The van der Waals surface area contributed by atoms with Gasteiger partial charge in [-0.15, -0.1) is 0 Å². The maximum atomic E-state index is 14.4. The summed E-state index contributed by atoms with van der Waals surface area (Å²) >= 11 is 0. The van der Waals surface area contributed by atoms with Gasteiger partial charge in [-0.25, -0.2) is 14.2 Å². The van der Waals surface area contributed by atoms with Crippen molar-refractivity contribution in [2.75, 3.05) is 5.32 Å². The summed E-state index contributed by atoms with van der Waals surface area (Å²) in [6, 6.07) is 13.5. The normalized spacial score (nSPS) is 17.5. The molecule has 1 atom stereocenters. The van der Waals surface area contributed by atoms with Gasteiger partial charge in [0.15, 0.2) is 0 Å². The quantitative estimate of drug-likeness (QED) is 0.400. The first-order valence-electron chi connectivity index (χ1n) is 10.3. The lowest BCUT2D eigenvalue weighted by Gasteiger charge is -2.21. The highest BCUT2D eigenvalue weighted by Crippen LogP contribution is 2.30. The summed E-state index contributed by atoms with van der Waals surface area (Å²) in [5, 5.41) is 11.9. The van der Waals surface area contributed by atoms with Gasteiger partial charge in [0.1, 0.15) is 11.4 Å². The lowest BCUT2D eigenvalue weighted by atomic mass is 9.92. The lowest BCUT2D eigenvalue weighted by Crippen LogP contribution is -2.40. The number of amides is 4. The fraction of sp³-hybridized carbons (Fsp3) is 0.125. The highest BCUT2D eigenvalue weighted by Gasteiger charge is 2.43. The van der Waals surface area contributed by atoms with Crippen LogP contribution in [0.2, 0.25) is 0 Å². The number of aryl methyl sites for hydroxylation is 1. The van der Waals surface area contributed by atoms with Gasteiger partial charge in [-0.05, 0) is 49.7 Å². The molecule has 0 bridgehead atoms. The third-order valence-corrected chi connectivity index (χ3v) is 5.75. The van der Waals surface area contributed by atoms with E-state index in [-0.39, 0.29) is 22.5 Å². The molecule has 2 aromatic heterocycles. The highest BCUT2D eigenvalue weighted by molar-refractivity contribution is 6.13. The number of rotatable bonds is 4. The number of nitrogens with one attached hydrogen (secondary N) is 3. The van der Waals surface area contributed by atoms with E-state index in [1.54, 1.807) is 56.3 Å². The topological polar surface area (TPSA) is 126 Å². The molecule has 4 amide bonds. The number of hydrogen-bond donors (Lipinski definition) is 3. The first-order chi connectivity index (χ1) is 16.3. The predicted octanol–water partition coefficient (Wildman–Crippen LogP) is 3.64. The summed E-state index contributed by atoms with van der Waals surface area (Å²) in [4.78, 5) is 41.6. The molecule has 5 rings (SSSR count). The Hall–Kier alpha value is -4.60. The minimum atomic E-state index is -1.27. The van der Waals surface area contributed by atoms with Crippen LogP contribution in [0.1, 0.15) is 28.5 Å². The molecule has 2 aromatic carbocycles. The number of halogens is 1. The van der Waals surface area contributed by atoms with E-state index >= 15 is 0 Å². The van der Waals surface area contributed by atoms with Crippen LogP contribution in [0.15, 0.2) is 59.1 Å². The third kappa shape index (κ3) is 3.45. The van der Waals surface area contributed by atoms with E-state index in [1.807, 2.05) is 0 Å². The zero-order chi connectivity index (χ0) is 24.0. The van der Waals surface area contributed by atoms with Crippen molar-refractivity contribution in [3.8, 4) is 11.3 Å². The molecule has 0 aliphatic carbocycles. The third-order valence-electron chi connectivity index (χ3n) is 5.75. The fourth-order valence-electron chi connectivity index (χ4n) is 3.93. The number of nitrogens with zero attached hydrogens (tertiary/aromatic N) is 2. The van der Waals surface area contributed by atoms with Crippen LogP contribution >= 0.6 is 0 Å². The zero-order valence-electron chi connectivity index (χ0n) is 18.1. The summed E-state index contributed by atoms with van der Waals surface area (Å²) < 4.78 is 19.7. The molecule has 9 nitrogen and oxygen atoms in total. The standard InChI is InChI=1S/C24H18FN5O4/c1-12-19-16(11-18(27-21(19)34-30-12)15-8-3-4-9-17(15)25)20(31)26-14-7-5-6-13(10-14)24(2)22(32)28-23(33)29-24/h3-11H,1-2H3,(H,26,31)(H2,28,29,32,33)/t24-/m0/s1. The molecule has 1 fully saturated rings. The first-order valence-corrected chi connectivity index (χ1v) is 10.3. The van der Waals surface area contributed by atoms with E-state index in [0.717, 1.165) is 0 Å². The maximum Gasteiger partial charge on any atom is 0.322 e. The molecule has 10 heteroatoms. The summed E-state index contributed by atoms with van der Waals surface area (Å²) in [7, 11) is 0. The van der Waals surface area contributed by atoms with E-state index in [4.69, 9.17) is 4.52 Å². The van der Waals surface area contributed by atoms with Crippen molar-refractivity contribution in [3.63, 3.8) is 0 Å². The number of urea groups is 1. The second-order valence-electron chi connectivity index (χ2n) is 8.05. The van der Waals surface area contributed by atoms with Crippen molar-refractivity contribution in [2.24, 2.45) is 0 Å². The summed E-state index contributed by atoms with van der Waals surface area (Å²) in [6.45, 7) is 3.25. The molecule has 0 spiro atoms. The van der Waals surface area contributed by atoms with Gasteiger partial charge in [0, 0.05) is 11.3 Å². The zero-order valence-corrected chi connectivity index (χ0v) is 18.1. The van der Waals surface area contributed by atoms with Crippen LogP contribution in [0.3, 0.4) is 0 Å². The molecule has 3 N–H and O–H groups in total. The van der Waals surface area contributed by atoms with Gasteiger partial charge in [0.25, 0.3) is 17.5 Å². The number of benzene rings is 2. The largest absolute Gasteiger partial charge is 0.335 e. The van der Waals surface area contributed by atoms with Crippen molar-refractivity contribution < 1.29 is 23.3 Å². The smallest absolute Gasteiger partial charge is 0.322 e. The molecule has 4 aromatic rings. The van der Waals surface area contributed by atoms with Crippen LogP contribution < -0.4 is 16.0 Å². The molecular weight excluding hydrogens is 441 g/mol. The van der Waals surface area contributed by atoms with E-state index in [1.165, 1.54) is 12.1 Å².